The maximum atomic E-state index is 12.0. The van der Waals surface area contributed by atoms with Crippen LogP contribution in [0, 0.1) is 0 Å². The Balaban J connectivity index is 3.99. The highest BCUT2D eigenvalue weighted by molar-refractivity contribution is 6.66. The third-order valence-electron chi connectivity index (χ3n) is 1.78. The van der Waals surface area contributed by atoms with E-state index in [0.29, 0.717) is 13.1 Å². The lowest BCUT2D eigenvalue weighted by atomic mass is 9.80. The summed E-state index contributed by atoms with van der Waals surface area (Å²) >= 11 is 0. The Bertz CT molecular complexity index is 151. The summed E-state index contributed by atoms with van der Waals surface area (Å²) in [6.07, 6.45) is 0. The molecule has 5 heteroatoms. The molecule has 0 aliphatic carbocycles. The summed E-state index contributed by atoms with van der Waals surface area (Å²) in [4.78, 5) is 1.69. The van der Waals surface area contributed by atoms with Crippen molar-refractivity contribution in [3.63, 3.8) is 0 Å². The number of hydrogen-bond acceptors (Lipinski definition) is 1. The van der Waals surface area contributed by atoms with E-state index in [9.17, 15) is 12.9 Å². The molecule has 1 nitrogen and oxygen atoms in total. The Labute approximate surface area is 71.3 Å². The van der Waals surface area contributed by atoms with Gasteiger partial charge in [0.25, 0.3) is 0 Å². The van der Waals surface area contributed by atoms with E-state index >= 15 is 0 Å². The molecular weight excluding hydrogens is 166 g/mol. The van der Waals surface area contributed by atoms with Gasteiger partial charge in [0.05, 0.1) is 0 Å². The van der Waals surface area contributed by atoms with Crippen molar-refractivity contribution in [2.45, 2.75) is 13.8 Å². The minimum Gasteiger partial charge on any atom is -0.445 e. The van der Waals surface area contributed by atoms with Crippen LogP contribution in [0.3, 0.4) is 0 Å². The van der Waals surface area contributed by atoms with Crippen molar-refractivity contribution >= 4 is 6.98 Å². The van der Waals surface area contributed by atoms with E-state index in [-0.39, 0.29) is 6.54 Å². The first-order chi connectivity index (χ1) is 5.41. The van der Waals surface area contributed by atoms with Crippen molar-refractivity contribution in [1.29, 1.82) is 0 Å². The molecule has 0 rings (SSSR count). The van der Waals surface area contributed by atoms with Crippen molar-refractivity contribution in [1.82, 2.24) is 4.90 Å². The van der Waals surface area contributed by atoms with E-state index in [1.54, 1.807) is 4.90 Å². The van der Waals surface area contributed by atoms with E-state index in [2.05, 4.69) is 6.58 Å². The molecule has 72 valence electrons. The van der Waals surface area contributed by atoms with Crippen molar-refractivity contribution < 1.29 is 12.9 Å². The van der Waals surface area contributed by atoms with Crippen LogP contribution < -0.4 is 0 Å². The average Bonchev–Trinajstić information content (AvgIpc) is 1.97. The van der Waals surface area contributed by atoms with Crippen molar-refractivity contribution in [2.24, 2.45) is 0 Å². The summed E-state index contributed by atoms with van der Waals surface area (Å²) in [5.41, 5.74) is -0.612. The molecule has 0 spiro atoms. The summed E-state index contributed by atoms with van der Waals surface area (Å²) in [6.45, 7) is 3.03. The van der Waals surface area contributed by atoms with Crippen LogP contribution in [0.5, 0.6) is 0 Å². The van der Waals surface area contributed by atoms with Gasteiger partial charge in [0.2, 0.25) is 0 Å². The molecule has 0 bridgehead atoms. The monoisotopic (exact) mass is 180 g/mol. The van der Waals surface area contributed by atoms with Gasteiger partial charge in [0.15, 0.2) is 0 Å². The minimum absolute atomic E-state index is 0.0590. The summed E-state index contributed by atoms with van der Waals surface area (Å²) in [5.74, 6) is 0. The molecule has 0 unspecified atom stereocenters. The molecule has 12 heavy (non-hydrogen) atoms. The van der Waals surface area contributed by atoms with E-state index in [0.717, 1.165) is 0 Å². The lowest BCUT2D eigenvalue weighted by Crippen LogP contribution is -2.32. The number of nitrogens with zero attached hydrogens (tertiary/aromatic N) is 1. The van der Waals surface area contributed by atoms with Crippen LogP contribution in [0.2, 0.25) is 0 Å². The van der Waals surface area contributed by atoms with E-state index in [1.807, 2.05) is 13.8 Å². The Hall–Kier alpha value is -0.445. The molecular formula is C7H14BF3N-. The lowest BCUT2D eigenvalue weighted by molar-refractivity contribution is 0.327. The molecule has 0 aromatic carbocycles. The van der Waals surface area contributed by atoms with E-state index in [1.165, 1.54) is 0 Å². The predicted molar refractivity (Wildman–Crippen MR) is 46.0 cm³/mol. The van der Waals surface area contributed by atoms with Crippen molar-refractivity contribution in [3.8, 4) is 0 Å². The second kappa shape index (κ2) is 4.55. The van der Waals surface area contributed by atoms with Gasteiger partial charge < -0.3 is 17.8 Å². The van der Waals surface area contributed by atoms with Crippen LogP contribution >= 0.6 is 0 Å². The highest BCUT2D eigenvalue weighted by Crippen LogP contribution is 2.18. The van der Waals surface area contributed by atoms with Crippen molar-refractivity contribution in [3.05, 3.63) is 12.1 Å². The Morgan fingerprint density at radius 1 is 1.25 bits per heavy atom. The molecule has 0 saturated heterocycles. The van der Waals surface area contributed by atoms with Gasteiger partial charge in [0.1, 0.15) is 0 Å². The van der Waals surface area contributed by atoms with Crippen LogP contribution in [0.4, 0.5) is 12.9 Å². The first kappa shape index (κ1) is 11.6. The first-order valence-corrected chi connectivity index (χ1v) is 4.01. The van der Waals surface area contributed by atoms with Gasteiger partial charge in [-0.15, -0.1) is 12.1 Å². The zero-order valence-corrected chi connectivity index (χ0v) is 7.49. The van der Waals surface area contributed by atoms with Gasteiger partial charge in [-0.3, -0.25) is 0 Å². The molecule has 0 aromatic heterocycles. The summed E-state index contributed by atoms with van der Waals surface area (Å²) in [5, 5.41) is 0. The molecule has 0 fully saturated rings. The highest BCUT2D eigenvalue weighted by atomic mass is 19.4. The van der Waals surface area contributed by atoms with Crippen LogP contribution in [0.25, 0.3) is 0 Å². The maximum Gasteiger partial charge on any atom is 0.506 e. The fraction of sp³-hybridized carbons (Fsp3) is 0.714. The molecule has 0 aromatic rings. The van der Waals surface area contributed by atoms with Gasteiger partial charge in [0, 0.05) is 0 Å². The highest BCUT2D eigenvalue weighted by Gasteiger charge is 2.27. The molecule has 0 heterocycles. The third-order valence-corrected chi connectivity index (χ3v) is 1.78. The van der Waals surface area contributed by atoms with Crippen LogP contribution in [0.15, 0.2) is 12.1 Å². The number of hydrogen-bond donors (Lipinski definition) is 0. The summed E-state index contributed by atoms with van der Waals surface area (Å²) in [6, 6.07) is 0. The maximum absolute atomic E-state index is 12.0. The minimum atomic E-state index is -4.85. The van der Waals surface area contributed by atoms with Gasteiger partial charge in [-0.2, -0.15) is 0 Å². The van der Waals surface area contributed by atoms with Crippen LogP contribution in [0.1, 0.15) is 13.8 Å². The number of halogens is 3. The normalized spacial score (nSPS) is 12.2. The fourth-order valence-corrected chi connectivity index (χ4v) is 0.838. The molecule has 0 atom stereocenters. The Kier molecular flexibility index (Phi) is 4.38. The molecule has 0 aliphatic heterocycles. The van der Waals surface area contributed by atoms with Crippen molar-refractivity contribution in [2.75, 3.05) is 19.6 Å². The largest absolute Gasteiger partial charge is 0.506 e. The van der Waals surface area contributed by atoms with Crippen LogP contribution in [-0.2, 0) is 0 Å². The molecule has 0 saturated carbocycles. The van der Waals surface area contributed by atoms with Gasteiger partial charge in [-0.25, -0.2) is 0 Å². The molecule has 0 N–H and O–H groups in total. The Morgan fingerprint density at radius 3 is 1.92 bits per heavy atom. The van der Waals surface area contributed by atoms with Gasteiger partial charge in [-0.05, 0) is 19.6 Å². The smallest absolute Gasteiger partial charge is 0.445 e. The topological polar surface area (TPSA) is 3.24 Å². The van der Waals surface area contributed by atoms with E-state index < -0.39 is 12.4 Å². The average molecular weight is 180 g/mol. The molecule has 0 aliphatic rings. The standard InChI is InChI=1S/C7H14BF3N/c1-4-12(5-2)6-7(3)8(9,10)11/h3-6H2,1-2H3/q-1. The Morgan fingerprint density at radius 2 is 1.67 bits per heavy atom. The first-order valence-electron chi connectivity index (χ1n) is 4.01. The van der Waals surface area contributed by atoms with E-state index in [4.69, 9.17) is 0 Å². The van der Waals surface area contributed by atoms with Gasteiger partial charge in [-0.1, -0.05) is 13.8 Å². The molecule has 0 amide bonds. The summed E-state index contributed by atoms with van der Waals surface area (Å²) in [7, 11) is 0. The fourth-order valence-electron chi connectivity index (χ4n) is 0.838. The zero-order chi connectivity index (χ0) is 9.78. The zero-order valence-electron chi connectivity index (χ0n) is 7.49. The molecule has 0 radical (unpaired) electrons. The summed E-state index contributed by atoms with van der Waals surface area (Å²) < 4.78 is 36.1. The van der Waals surface area contributed by atoms with Gasteiger partial charge >= 0.3 is 6.98 Å². The third kappa shape index (κ3) is 3.81. The van der Waals surface area contributed by atoms with Crippen LogP contribution in [-0.4, -0.2) is 31.5 Å². The second-order valence-corrected chi connectivity index (χ2v) is 2.69. The number of rotatable bonds is 5. The lowest BCUT2D eigenvalue weighted by Gasteiger charge is -2.25. The second-order valence-electron chi connectivity index (χ2n) is 2.69. The number of likely N-dealkylation sites (N-methyl/N-ethyl adjacent to an activating group) is 1. The SMILES string of the molecule is C=C(CN(CC)CC)[B-](F)(F)F. The predicted octanol–water partition coefficient (Wildman–Crippen LogP) is 2.27. The quantitative estimate of drug-likeness (QED) is 0.586.